The molecule has 1 saturated heterocycles. The molecular weight excluding hydrogens is 477 g/mol. The zero-order chi connectivity index (χ0) is 25.4. The Hall–Kier alpha value is -4.83. The largest absolute Gasteiger partial charge is 0.373 e. The summed E-state index contributed by atoms with van der Waals surface area (Å²) in [6.07, 6.45) is 8.59. The summed E-state index contributed by atoms with van der Waals surface area (Å²) in [5, 5.41) is 21.7. The molecule has 0 spiro atoms. The molecule has 1 aliphatic heterocycles. The van der Waals surface area contributed by atoms with Gasteiger partial charge in [-0.15, -0.1) is 5.10 Å². The first-order chi connectivity index (χ1) is 18.1. The molecule has 37 heavy (non-hydrogen) atoms. The van der Waals surface area contributed by atoms with Crippen LogP contribution in [0.25, 0.3) is 33.7 Å². The first kappa shape index (κ1) is 22.6. The minimum atomic E-state index is -0.582. The van der Waals surface area contributed by atoms with E-state index in [4.69, 9.17) is 10.00 Å². The van der Waals surface area contributed by atoms with Crippen molar-refractivity contribution in [2.45, 2.75) is 12.6 Å². The lowest BCUT2D eigenvalue weighted by molar-refractivity contribution is 0.0273. The molecule has 0 saturated carbocycles. The van der Waals surface area contributed by atoms with Gasteiger partial charge < -0.3 is 9.64 Å². The highest BCUT2D eigenvalue weighted by Gasteiger charge is 2.24. The number of aryl methyl sites for hydroxylation is 1. The van der Waals surface area contributed by atoms with Crippen molar-refractivity contribution < 1.29 is 9.13 Å². The van der Waals surface area contributed by atoms with Crippen LogP contribution in [0.3, 0.4) is 0 Å². The summed E-state index contributed by atoms with van der Waals surface area (Å²) < 4.78 is 23.1. The molecule has 0 unspecified atom stereocenters. The Labute approximate surface area is 210 Å². The second kappa shape index (κ2) is 9.32. The molecule has 6 rings (SSSR count). The summed E-state index contributed by atoms with van der Waals surface area (Å²) in [5.41, 5.74) is 3.71. The molecule has 0 N–H and O–H groups in total. The van der Waals surface area contributed by atoms with E-state index in [9.17, 15) is 4.39 Å². The molecule has 184 valence electrons. The molecule has 1 fully saturated rings. The SMILES string of the molecule is Cn1cc(-c2cnc(N3CCO[C@H](Cn4nnc5ncc(-c6ccc(F)c(C#N)c6)nc54)C3)nc2)cn1. The van der Waals surface area contributed by atoms with Gasteiger partial charge in [0, 0.05) is 55.4 Å². The maximum atomic E-state index is 13.8. The molecule has 0 bridgehead atoms. The number of hydrogen-bond donors (Lipinski definition) is 0. The van der Waals surface area contributed by atoms with Crippen LogP contribution in [0, 0.1) is 17.1 Å². The summed E-state index contributed by atoms with van der Waals surface area (Å²) in [6.45, 7) is 2.13. The third-order valence-electron chi connectivity index (χ3n) is 6.08. The number of morpholine rings is 1. The fraction of sp³-hybridized carbons (Fsp3) is 0.250. The van der Waals surface area contributed by atoms with E-state index in [1.54, 1.807) is 34.0 Å². The zero-order valence-corrected chi connectivity index (χ0v) is 19.7. The third kappa shape index (κ3) is 4.45. The Morgan fingerprint density at radius 1 is 1.11 bits per heavy atom. The number of benzene rings is 1. The van der Waals surface area contributed by atoms with Gasteiger partial charge in [-0.1, -0.05) is 5.21 Å². The zero-order valence-electron chi connectivity index (χ0n) is 19.7. The van der Waals surface area contributed by atoms with Crippen molar-refractivity contribution in [2.75, 3.05) is 24.6 Å². The monoisotopic (exact) mass is 497 g/mol. The van der Waals surface area contributed by atoms with Crippen LogP contribution in [-0.2, 0) is 18.3 Å². The first-order valence-electron chi connectivity index (χ1n) is 11.5. The minimum absolute atomic E-state index is 0.0580. The van der Waals surface area contributed by atoms with Gasteiger partial charge in [0.25, 0.3) is 0 Å². The van der Waals surface area contributed by atoms with Crippen molar-refractivity contribution in [1.29, 1.82) is 5.26 Å². The quantitative estimate of drug-likeness (QED) is 0.354. The van der Waals surface area contributed by atoms with E-state index in [1.807, 2.05) is 19.3 Å². The van der Waals surface area contributed by atoms with Crippen LogP contribution >= 0.6 is 0 Å². The Morgan fingerprint density at radius 2 is 1.97 bits per heavy atom. The van der Waals surface area contributed by atoms with Gasteiger partial charge in [-0.25, -0.2) is 29.0 Å². The number of ether oxygens (including phenoxy) is 1. The van der Waals surface area contributed by atoms with Gasteiger partial charge in [-0.2, -0.15) is 10.4 Å². The predicted molar refractivity (Wildman–Crippen MR) is 129 cm³/mol. The molecule has 4 aromatic heterocycles. The highest BCUT2D eigenvalue weighted by Crippen LogP contribution is 2.22. The van der Waals surface area contributed by atoms with Gasteiger partial charge in [0.2, 0.25) is 11.6 Å². The second-order valence-electron chi connectivity index (χ2n) is 8.59. The van der Waals surface area contributed by atoms with Gasteiger partial charge in [0.05, 0.1) is 42.9 Å². The molecule has 5 heterocycles. The summed E-state index contributed by atoms with van der Waals surface area (Å²) in [4.78, 5) is 20.1. The number of nitriles is 1. The van der Waals surface area contributed by atoms with Crippen LogP contribution in [0.4, 0.5) is 10.3 Å². The smallest absolute Gasteiger partial charge is 0.225 e. The number of hydrogen-bond acceptors (Lipinski definition) is 10. The van der Waals surface area contributed by atoms with Crippen molar-refractivity contribution >= 4 is 17.2 Å². The Morgan fingerprint density at radius 3 is 2.76 bits per heavy atom. The van der Waals surface area contributed by atoms with Gasteiger partial charge in [-0.05, 0) is 18.2 Å². The van der Waals surface area contributed by atoms with E-state index in [2.05, 4.69) is 40.2 Å². The molecule has 12 nitrogen and oxygen atoms in total. The molecule has 0 radical (unpaired) electrons. The van der Waals surface area contributed by atoms with E-state index in [1.165, 1.54) is 18.3 Å². The van der Waals surface area contributed by atoms with Crippen molar-refractivity contribution in [2.24, 2.45) is 7.05 Å². The fourth-order valence-corrected chi connectivity index (χ4v) is 4.20. The lowest BCUT2D eigenvalue weighted by Crippen LogP contribution is -2.45. The topological polar surface area (TPSA) is 136 Å². The number of aromatic nitrogens is 9. The molecule has 13 heteroatoms. The Bertz CT molecular complexity index is 1620. The number of nitrogens with zero attached hydrogens (tertiary/aromatic N) is 11. The second-order valence-corrected chi connectivity index (χ2v) is 8.59. The maximum absolute atomic E-state index is 13.8. The molecule has 5 aromatic rings. The van der Waals surface area contributed by atoms with E-state index in [0.29, 0.717) is 54.7 Å². The molecule has 1 aliphatic rings. The molecule has 1 atom stereocenters. The summed E-state index contributed by atoms with van der Waals surface area (Å²) in [6, 6.07) is 6.09. The molecular formula is C24H20FN11O. The van der Waals surface area contributed by atoms with E-state index in [0.717, 1.165) is 11.1 Å². The third-order valence-corrected chi connectivity index (χ3v) is 6.08. The summed E-state index contributed by atoms with van der Waals surface area (Å²) >= 11 is 0. The lowest BCUT2D eigenvalue weighted by Gasteiger charge is -2.32. The van der Waals surface area contributed by atoms with Gasteiger partial charge in [0.1, 0.15) is 11.9 Å². The number of rotatable bonds is 5. The van der Waals surface area contributed by atoms with Crippen LogP contribution < -0.4 is 4.90 Å². The Kier molecular flexibility index (Phi) is 5.70. The number of anilines is 1. The number of halogens is 1. The average Bonchev–Trinajstić information content (AvgIpc) is 3.55. The minimum Gasteiger partial charge on any atom is -0.373 e. The van der Waals surface area contributed by atoms with Gasteiger partial charge in [-0.3, -0.25) is 4.68 Å². The van der Waals surface area contributed by atoms with Crippen molar-refractivity contribution in [3.8, 4) is 28.5 Å². The van der Waals surface area contributed by atoms with Crippen LogP contribution in [0.5, 0.6) is 0 Å². The van der Waals surface area contributed by atoms with Crippen LogP contribution in [0.2, 0.25) is 0 Å². The van der Waals surface area contributed by atoms with Crippen LogP contribution in [0.1, 0.15) is 5.56 Å². The molecule has 0 amide bonds. The standard InChI is InChI=1S/C24H20FN11O/c1-34-12-18(10-30-34)17-8-28-24(29-9-17)35-4-5-37-19(13-35)14-36-23-22(32-33-36)27-11-21(31-23)15-2-3-20(25)16(6-15)7-26/h2-3,6,8-12,19H,4-5,13-14H2,1H3/t19-/m0/s1. The highest BCUT2D eigenvalue weighted by atomic mass is 19.1. The van der Waals surface area contributed by atoms with Crippen molar-refractivity contribution in [3.05, 3.63) is 60.6 Å². The summed E-state index contributed by atoms with van der Waals surface area (Å²) in [7, 11) is 1.87. The molecule has 1 aromatic carbocycles. The first-order valence-corrected chi connectivity index (χ1v) is 11.5. The van der Waals surface area contributed by atoms with Gasteiger partial charge in [0.15, 0.2) is 5.65 Å². The average molecular weight is 497 g/mol. The van der Waals surface area contributed by atoms with Gasteiger partial charge >= 0.3 is 0 Å². The number of fused-ring (bicyclic) bond motifs is 1. The van der Waals surface area contributed by atoms with Crippen LogP contribution in [-0.4, -0.2) is 70.5 Å². The Balaban J connectivity index is 1.20. The normalized spacial score (nSPS) is 15.7. The fourth-order valence-electron chi connectivity index (χ4n) is 4.20. The predicted octanol–water partition coefficient (Wildman–Crippen LogP) is 1.99. The lowest BCUT2D eigenvalue weighted by atomic mass is 10.1. The van der Waals surface area contributed by atoms with Crippen molar-refractivity contribution in [3.63, 3.8) is 0 Å². The van der Waals surface area contributed by atoms with Crippen molar-refractivity contribution in [1.82, 2.24) is 44.7 Å². The maximum Gasteiger partial charge on any atom is 0.225 e. The van der Waals surface area contributed by atoms with E-state index >= 15 is 0 Å². The van der Waals surface area contributed by atoms with E-state index in [-0.39, 0.29) is 11.7 Å². The van der Waals surface area contributed by atoms with Crippen LogP contribution in [0.15, 0.2) is 49.2 Å². The highest BCUT2D eigenvalue weighted by molar-refractivity contribution is 5.70. The molecule has 0 aliphatic carbocycles. The van der Waals surface area contributed by atoms with E-state index < -0.39 is 5.82 Å². The summed E-state index contributed by atoms with van der Waals surface area (Å²) in [5.74, 6) is 0.0396.